The van der Waals surface area contributed by atoms with Crippen LogP contribution in [0.4, 0.5) is 11.5 Å². The zero-order chi connectivity index (χ0) is 18.7. The van der Waals surface area contributed by atoms with Gasteiger partial charge >= 0.3 is 0 Å². The molecule has 0 aliphatic carbocycles. The first kappa shape index (κ1) is 19.1. The van der Waals surface area contributed by atoms with Gasteiger partial charge in [0.2, 0.25) is 5.91 Å². The number of para-hydroxylation sites is 1. The van der Waals surface area contributed by atoms with Gasteiger partial charge in [-0.15, -0.1) is 0 Å². The minimum absolute atomic E-state index is 0.0965. The lowest BCUT2D eigenvalue weighted by molar-refractivity contribution is -0.116. The summed E-state index contributed by atoms with van der Waals surface area (Å²) in [6.45, 7) is 5.71. The normalized spacial score (nSPS) is 14.5. The molecule has 2 N–H and O–H groups in total. The highest BCUT2D eigenvalue weighted by atomic mass is 16.5. The van der Waals surface area contributed by atoms with Crippen molar-refractivity contribution in [3.8, 4) is 5.75 Å². The molecule has 1 aliphatic heterocycles. The number of pyridine rings is 1. The Labute approximate surface area is 159 Å². The quantitative estimate of drug-likeness (QED) is 0.705. The number of amides is 1. The summed E-state index contributed by atoms with van der Waals surface area (Å²) in [4.78, 5) is 18.7. The summed E-state index contributed by atoms with van der Waals surface area (Å²) < 4.78 is 10.9. The number of ether oxygens (including phenoxy) is 2. The molecule has 1 aliphatic rings. The van der Waals surface area contributed by atoms with Crippen molar-refractivity contribution in [2.24, 2.45) is 0 Å². The number of anilines is 2. The Kier molecular flexibility index (Phi) is 7.44. The average Bonchev–Trinajstić information content (AvgIpc) is 2.71. The molecular formula is C20H26N4O3. The van der Waals surface area contributed by atoms with Crippen molar-refractivity contribution in [3.05, 3.63) is 48.7 Å². The van der Waals surface area contributed by atoms with Crippen LogP contribution in [0.25, 0.3) is 0 Å². The molecule has 0 saturated carbocycles. The van der Waals surface area contributed by atoms with Crippen LogP contribution in [0, 0.1) is 0 Å². The Morgan fingerprint density at radius 2 is 1.96 bits per heavy atom. The summed E-state index contributed by atoms with van der Waals surface area (Å²) in [5.41, 5.74) is 0.679. The molecule has 27 heavy (non-hydrogen) atoms. The van der Waals surface area contributed by atoms with Crippen LogP contribution in [0.3, 0.4) is 0 Å². The molecule has 1 aromatic heterocycles. The van der Waals surface area contributed by atoms with Crippen LogP contribution in [-0.2, 0) is 9.53 Å². The SMILES string of the molecule is O=C(CCOc1ccccc1)Nc1ccc(NCCN2CCOCC2)nc1. The summed E-state index contributed by atoms with van der Waals surface area (Å²) in [5.74, 6) is 1.47. The largest absolute Gasteiger partial charge is 0.493 e. The van der Waals surface area contributed by atoms with Gasteiger partial charge < -0.3 is 20.1 Å². The highest BCUT2D eigenvalue weighted by Gasteiger charge is 2.09. The maximum atomic E-state index is 12.0. The molecule has 7 heteroatoms. The molecule has 1 amide bonds. The van der Waals surface area contributed by atoms with Gasteiger partial charge in [-0.3, -0.25) is 9.69 Å². The third kappa shape index (κ3) is 6.88. The summed E-state index contributed by atoms with van der Waals surface area (Å²) in [6.07, 6.45) is 1.95. The summed E-state index contributed by atoms with van der Waals surface area (Å²) in [7, 11) is 0. The highest BCUT2D eigenvalue weighted by molar-refractivity contribution is 5.90. The first-order chi connectivity index (χ1) is 13.3. The van der Waals surface area contributed by atoms with Gasteiger partial charge in [-0.25, -0.2) is 4.98 Å². The fourth-order valence-electron chi connectivity index (χ4n) is 2.74. The minimum Gasteiger partial charge on any atom is -0.493 e. The van der Waals surface area contributed by atoms with Gasteiger partial charge in [-0.2, -0.15) is 0 Å². The van der Waals surface area contributed by atoms with Crippen molar-refractivity contribution >= 4 is 17.4 Å². The lowest BCUT2D eigenvalue weighted by atomic mass is 10.3. The van der Waals surface area contributed by atoms with Crippen molar-refractivity contribution in [1.82, 2.24) is 9.88 Å². The number of rotatable bonds is 9. The molecule has 0 unspecified atom stereocenters. The van der Waals surface area contributed by atoms with E-state index in [1.165, 1.54) is 0 Å². The maximum Gasteiger partial charge on any atom is 0.227 e. The zero-order valence-electron chi connectivity index (χ0n) is 15.4. The van der Waals surface area contributed by atoms with Crippen molar-refractivity contribution < 1.29 is 14.3 Å². The summed E-state index contributed by atoms with van der Waals surface area (Å²) in [6, 6.07) is 13.2. The molecule has 1 fully saturated rings. The predicted molar refractivity (Wildman–Crippen MR) is 105 cm³/mol. The van der Waals surface area contributed by atoms with Crippen molar-refractivity contribution in [1.29, 1.82) is 0 Å². The summed E-state index contributed by atoms with van der Waals surface area (Å²) in [5, 5.41) is 6.13. The first-order valence-electron chi connectivity index (χ1n) is 9.27. The predicted octanol–water partition coefficient (Wildman–Crippen LogP) is 2.23. The monoisotopic (exact) mass is 370 g/mol. The third-order valence-electron chi connectivity index (χ3n) is 4.23. The topological polar surface area (TPSA) is 75.7 Å². The molecule has 0 bridgehead atoms. The van der Waals surface area contributed by atoms with Crippen LogP contribution in [0.2, 0.25) is 0 Å². The van der Waals surface area contributed by atoms with Crippen LogP contribution in [0.5, 0.6) is 5.75 Å². The first-order valence-corrected chi connectivity index (χ1v) is 9.27. The van der Waals surface area contributed by atoms with E-state index in [9.17, 15) is 4.79 Å². The van der Waals surface area contributed by atoms with Gasteiger partial charge in [0, 0.05) is 26.2 Å². The lowest BCUT2D eigenvalue weighted by Gasteiger charge is -2.26. The Bertz CT molecular complexity index is 688. The highest BCUT2D eigenvalue weighted by Crippen LogP contribution is 2.11. The van der Waals surface area contributed by atoms with Gasteiger partial charge in [0.05, 0.1) is 38.1 Å². The van der Waals surface area contributed by atoms with E-state index >= 15 is 0 Å². The van der Waals surface area contributed by atoms with Crippen LogP contribution < -0.4 is 15.4 Å². The van der Waals surface area contributed by atoms with E-state index in [1.807, 2.05) is 42.5 Å². The van der Waals surface area contributed by atoms with Gasteiger partial charge in [0.25, 0.3) is 0 Å². The number of nitrogens with zero attached hydrogens (tertiary/aromatic N) is 2. The summed E-state index contributed by atoms with van der Waals surface area (Å²) >= 11 is 0. The van der Waals surface area contributed by atoms with E-state index in [1.54, 1.807) is 6.20 Å². The minimum atomic E-state index is -0.0965. The Balaban J connectivity index is 1.33. The Morgan fingerprint density at radius 3 is 2.70 bits per heavy atom. The van der Waals surface area contributed by atoms with E-state index in [2.05, 4.69) is 20.5 Å². The van der Waals surface area contributed by atoms with Crippen LogP contribution in [0.15, 0.2) is 48.7 Å². The molecular weight excluding hydrogens is 344 g/mol. The third-order valence-corrected chi connectivity index (χ3v) is 4.23. The molecule has 3 rings (SSSR count). The van der Waals surface area contributed by atoms with Crippen LogP contribution in [-0.4, -0.2) is 61.8 Å². The van der Waals surface area contributed by atoms with Gasteiger partial charge in [-0.1, -0.05) is 18.2 Å². The van der Waals surface area contributed by atoms with Crippen molar-refractivity contribution in [3.63, 3.8) is 0 Å². The molecule has 7 nitrogen and oxygen atoms in total. The molecule has 0 atom stereocenters. The number of morpholine rings is 1. The molecule has 1 aromatic carbocycles. The molecule has 144 valence electrons. The smallest absolute Gasteiger partial charge is 0.227 e. The molecule has 2 heterocycles. The average molecular weight is 370 g/mol. The van der Waals surface area contributed by atoms with Crippen molar-refractivity contribution in [2.45, 2.75) is 6.42 Å². The second kappa shape index (κ2) is 10.5. The van der Waals surface area contributed by atoms with Crippen LogP contribution in [0.1, 0.15) is 6.42 Å². The number of nitrogens with one attached hydrogen (secondary N) is 2. The zero-order valence-corrected chi connectivity index (χ0v) is 15.4. The van der Waals surface area contributed by atoms with Crippen LogP contribution >= 0.6 is 0 Å². The lowest BCUT2D eigenvalue weighted by Crippen LogP contribution is -2.39. The van der Waals surface area contributed by atoms with Gasteiger partial charge in [-0.05, 0) is 24.3 Å². The number of hydrogen-bond acceptors (Lipinski definition) is 6. The van der Waals surface area contributed by atoms with E-state index in [4.69, 9.17) is 9.47 Å². The Hall–Kier alpha value is -2.64. The number of benzene rings is 1. The maximum absolute atomic E-state index is 12.0. The van der Waals surface area contributed by atoms with E-state index in [0.717, 1.165) is 51.0 Å². The number of aromatic nitrogens is 1. The Morgan fingerprint density at radius 1 is 1.15 bits per heavy atom. The number of carbonyl (C=O) groups is 1. The fraction of sp³-hybridized carbons (Fsp3) is 0.400. The van der Waals surface area contributed by atoms with Gasteiger partial charge in [0.1, 0.15) is 11.6 Å². The van der Waals surface area contributed by atoms with E-state index < -0.39 is 0 Å². The fourth-order valence-corrected chi connectivity index (χ4v) is 2.74. The second-order valence-corrected chi connectivity index (χ2v) is 6.27. The molecule has 2 aromatic rings. The van der Waals surface area contributed by atoms with E-state index in [-0.39, 0.29) is 12.3 Å². The molecule has 0 spiro atoms. The molecule has 0 radical (unpaired) electrons. The van der Waals surface area contributed by atoms with Crippen molar-refractivity contribution in [2.75, 3.05) is 56.6 Å². The second-order valence-electron chi connectivity index (χ2n) is 6.27. The number of carbonyl (C=O) groups excluding carboxylic acids is 1. The molecule has 1 saturated heterocycles. The van der Waals surface area contributed by atoms with E-state index in [0.29, 0.717) is 12.3 Å². The standard InChI is InChI=1S/C20H26N4O3/c25-20(8-13-27-18-4-2-1-3-5-18)23-17-6-7-19(22-16-17)21-9-10-24-11-14-26-15-12-24/h1-7,16H,8-15H2,(H,21,22)(H,23,25). The van der Waals surface area contributed by atoms with Gasteiger partial charge in [0.15, 0.2) is 0 Å². The number of hydrogen-bond donors (Lipinski definition) is 2.